The van der Waals surface area contributed by atoms with Gasteiger partial charge in [-0.3, -0.25) is 0 Å². The molecule has 0 saturated carbocycles. The van der Waals surface area contributed by atoms with Crippen LogP contribution in [-0.4, -0.2) is 31.3 Å². The second-order valence-corrected chi connectivity index (χ2v) is 5.56. The van der Waals surface area contributed by atoms with Gasteiger partial charge < -0.3 is 14.8 Å². The molecule has 0 aromatic heterocycles. The van der Waals surface area contributed by atoms with E-state index in [4.69, 9.17) is 21.1 Å². The fourth-order valence-corrected chi connectivity index (χ4v) is 1.88. The van der Waals surface area contributed by atoms with Gasteiger partial charge in [-0.15, -0.1) is 0 Å². The molecule has 0 amide bonds. The number of esters is 1. The largest absolute Gasteiger partial charge is 0.464 e. The molecule has 4 nitrogen and oxygen atoms in total. The van der Waals surface area contributed by atoms with Crippen molar-refractivity contribution in [1.29, 1.82) is 0 Å². The predicted octanol–water partition coefficient (Wildman–Crippen LogP) is 3.50. The van der Waals surface area contributed by atoms with Crippen molar-refractivity contribution in [1.82, 2.24) is 0 Å². The fraction of sp³-hybridized carbons (Fsp3) is 0.533. The average molecular weight is 300 g/mol. The van der Waals surface area contributed by atoms with Gasteiger partial charge in [-0.25, -0.2) is 4.79 Å². The van der Waals surface area contributed by atoms with Gasteiger partial charge in [0.15, 0.2) is 0 Å². The summed E-state index contributed by atoms with van der Waals surface area (Å²) in [6.45, 7) is 6.01. The number of hydrogen-bond acceptors (Lipinski definition) is 4. The van der Waals surface area contributed by atoms with Crippen LogP contribution in [0.25, 0.3) is 0 Å². The highest BCUT2D eigenvalue weighted by molar-refractivity contribution is 6.30. The van der Waals surface area contributed by atoms with Crippen LogP contribution < -0.4 is 5.32 Å². The van der Waals surface area contributed by atoms with Crippen LogP contribution in [0.2, 0.25) is 5.02 Å². The van der Waals surface area contributed by atoms with Crippen molar-refractivity contribution >= 4 is 23.3 Å². The van der Waals surface area contributed by atoms with Crippen LogP contribution >= 0.6 is 11.6 Å². The number of hydrogen-bond donors (Lipinski definition) is 1. The lowest BCUT2D eigenvalue weighted by molar-refractivity contribution is -0.145. The highest BCUT2D eigenvalue weighted by atomic mass is 35.5. The molecule has 1 aromatic carbocycles. The molecule has 0 aliphatic carbocycles. The number of ether oxygens (including phenoxy) is 2. The molecule has 0 fully saturated rings. The summed E-state index contributed by atoms with van der Waals surface area (Å²) in [5, 5.41) is 3.82. The third-order valence-corrected chi connectivity index (χ3v) is 3.26. The van der Waals surface area contributed by atoms with E-state index in [1.165, 1.54) is 0 Å². The average Bonchev–Trinajstić information content (AvgIpc) is 2.40. The standard InChI is InChI=1S/C15H22ClNO3/c1-5-20-14(18)13(10-15(2,3)19-4)17-12-8-6-11(16)7-9-12/h6-9,13,17H,5,10H2,1-4H3. The van der Waals surface area contributed by atoms with E-state index in [0.717, 1.165) is 5.69 Å². The monoisotopic (exact) mass is 299 g/mol. The zero-order chi connectivity index (χ0) is 15.2. The lowest BCUT2D eigenvalue weighted by Gasteiger charge is -2.28. The maximum Gasteiger partial charge on any atom is 0.328 e. The highest BCUT2D eigenvalue weighted by Crippen LogP contribution is 2.21. The number of anilines is 1. The smallest absolute Gasteiger partial charge is 0.328 e. The molecule has 0 heterocycles. The van der Waals surface area contributed by atoms with Gasteiger partial charge in [0.1, 0.15) is 6.04 Å². The Bertz CT molecular complexity index is 431. The van der Waals surface area contributed by atoms with Crippen molar-refractivity contribution < 1.29 is 14.3 Å². The number of benzene rings is 1. The summed E-state index contributed by atoms with van der Waals surface area (Å²) in [6, 6.07) is 6.73. The first-order chi connectivity index (χ1) is 9.38. The van der Waals surface area contributed by atoms with Crippen molar-refractivity contribution in [2.24, 2.45) is 0 Å². The molecule has 1 unspecified atom stereocenters. The van der Waals surface area contributed by atoms with Crippen molar-refractivity contribution in [3.8, 4) is 0 Å². The number of halogens is 1. The minimum absolute atomic E-state index is 0.285. The number of nitrogens with one attached hydrogen (secondary N) is 1. The molecule has 1 atom stereocenters. The molecular weight excluding hydrogens is 278 g/mol. The molecule has 0 radical (unpaired) electrons. The van der Waals surface area contributed by atoms with E-state index in [2.05, 4.69) is 5.32 Å². The van der Waals surface area contributed by atoms with E-state index < -0.39 is 11.6 Å². The normalized spacial score (nSPS) is 12.8. The summed E-state index contributed by atoms with van der Waals surface area (Å²) >= 11 is 5.85. The van der Waals surface area contributed by atoms with Gasteiger partial charge >= 0.3 is 5.97 Å². The number of carbonyl (C=O) groups excluding carboxylic acids is 1. The van der Waals surface area contributed by atoms with E-state index in [1.54, 1.807) is 26.2 Å². The van der Waals surface area contributed by atoms with Crippen molar-refractivity contribution in [3.63, 3.8) is 0 Å². The molecule has 0 saturated heterocycles. The maximum atomic E-state index is 12.0. The van der Waals surface area contributed by atoms with Crippen LogP contribution in [0, 0.1) is 0 Å². The maximum absolute atomic E-state index is 12.0. The van der Waals surface area contributed by atoms with Gasteiger partial charge in [-0.1, -0.05) is 11.6 Å². The third-order valence-electron chi connectivity index (χ3n) is 3.00. The first-order valence-electron chi connectivity index (χ1n) is 6.62. The molecule has 5 heteroatoms. The summed E-state index contributed by atoms with van der Waals surface area (Å²) in [5.74, 6) is -0.285. The van der Waals surface area contributed by atoms with Crippen molar-refractivity contribution in [2.75, 3.05) is 19.0 Å². The Kier molecular flexibility index (Phi) is 6.30. The molecule has 20 heavy (non-hydrogen) atoms. The summed E-state index contributed by atoms with van der Waals surface area (Å²) in [5.41, 5.74) is 0.399. The molecule has 0 bridgehead atoms. The molecule has 1 aromatic rings. The van der Waals surface area contributed by atoms with E-state index in [-0.39, 0.29) is 5.97 Å². The van der Waals surface area contributed by atoms with Crippen molar-refractivity contribution in [2.45, 2.75) is 38.8 Å². The van der Waals surface area contributed by atoms with Crippen LogP contribution in [0.15, 0.2) is 24.3 Å². The van der Waals surface area contributed by atoms with Crippen LogP contribution in [0.4, 0.5) is 5.69 Å². The number of rotatable bonds is 7. The predicted molar refractivity (Wildman–Crippen MR) is 81.2 cm³/mol. The van der Waals surface area contributed by atoms with Crippen LogP contribution in [0.5, 0.6) is 0 Å². The van der Waals surface area contributed by atoms with Crippen LogP contribution in [0.3, 0.4) is 0 Å². The minimum Gasteiger partial charge on any atom is -0.464 e. The first-order valence-corrected chi connectivity index (χ1v) is 6.99. The Balaban J connectivity index is 2.81. The third kappa shape index (κ3) is 5.39. The van der Waals surface area contributed by atoms with Crippen LogP contribution in [-0.2, 0) is 14.3 Å². The Morgan fingerprint density at radius 3 is 2.45 bits per heavy atom. The first kappa shape index (κ1) is 16.8. The Morgan fingerprint density at radius 2 is 1.95 bits per heavy atom. The summed E-state index contributed by atoms with van der Waals surface area (Å²) in [4.78, 5) is 12.0. The summed E-state index contributed by atoms with van der Waals surface area (Å²) in [7, 11) is 1.63. The lowest BCUT2D eigenvalue weighted by Crippen LogP contribution is -2.39. The molecule has 0 aliphatic rings. The van der Waals surface area contributed by atoms with Gasteiger partial charge in [-0.2, -0.15) is 0 Å². The second kappa shape index (κ2) is 7.50. The molecule has 0 aliphatic heterocycles. The van der Waals surface area contributed by atoms with Gasteiger partial charge in [0.05, 0.1) is 12.2 Å². The van der Waals surface area contributed by atoms with E-state index in [0.29, 0.717) is 18.1 Å². The highest BCUT2D eigenvalue weighted by Gasteiger charge is 2.28. The SMILES string of the molecule is CCOC(=O)C(CC(C)(C)OC)Nc1ccc(Cl)cc1. The Labute approximate surface area is 125 Å². The molecular formula is C15H22ClNO3. The quantitative estimate of drug-likeness (QED) is 0.783. The van der Waals surface area contributed by atoms with Gasteiger partial charge in [0.2, 0.25) is 0 Å². The Hall–Kier alpha value is -1.26. The molecule has 1 rings (SSSR count). The minimum atomic E-state index is -0.467. The molecule has 0 spiro atoms. The van der Waals surface area contributed by atoms with E-state index >= 15 is 0 Å². The summed E-state index contributed by atoms with van der Waals surface area (Å²) in [6.07, 6.45) is 0.505. The van der Waals surface area contributed by atoms with Gasteiger partial charge in [0, 0.05) is 24.2 Å². The van der Waals surface area contributed by atoms with E-state index in [9.17, 15) is 4.79 Å². The van der Waals surface area contributed by atoms with E-state index in [1.807, 2.05) is 26.0 Å². The summed E-state index contributed by atoms with van der Waals surface area (Å²) < 4.78 is 10.5. The Morgan fingerprint density at radius 1 is 1.35 bits per heavy atom. The van der Waals surface area contributed by atoms with Gasteiger partial charge in [0.25, 0.3) is 0 Å². The van der Waals surface area contributed by atoms with Crippen LogP contribution in [0.1, 0.15) is 27.2 Å². The fourth-order valence-electron chi connectivity index (χ4n) is 1.76. The number of methoxy groups -OCH3 is 1. The van der Waals surface area contributed by atoms with Gasteiger partial charge in [-0.05, 0) is 45.0 Å². The zero-order valence-corrected chi connectivity index (χ0v) is 13.2. The lowest BCUT2D eigenvalue weighted by atomic mass is 9.98. The topological polar surface area (TPSA) is 47.6 Å². The second-order valence-electron chi connectivity index (χ2n) is 5.12. The molecule has 112 valence electrons. The number of carbonyl (C=O) groups is 1. The zero-order valence-electron chi connectivity index (χ0n) is 12.4. The van der Waals surface area contributed by atoms with Crippen molar-refractivity contribution in [3.05, 3.63) is 29.3 Å². The molecule has 1 N–H and O–H groups in total.